The monoisotopic (exact) mass is 636 g/mol. The second kappa shape index (κ2) is 37.6. The molecule has 0 aromatic carbocycles. The Morgan fingerprint density at radius 1 is 0.511 bits per heavy atom. The number of carbonyl (C=O) groups excluding carboxylic acids is 1. The molecule has 0 fully saturated rings. The number of allylic oxidation sites excluding steroid dienone is 1. The van der Waals surface area contributed by atoms with Crippen LogP contribution >= 0.6 is 0 Å². The van der Waals surface area contributed by atoms with Crippen molar-refractivity contribution >= 4 is 5.91 Å². The van der Waals surface area contributed by atoms with E-state index in [4.69, 9.17) is 0 Å². The number of rotatable bonds is 37. The van der Waals surface area contributed by atoms with Crippen molar-refractivity contribution in [3.05, 3.63) is 12.2 Å². The Labute approximate surface area is 282 Å². The number of aliphatic hydroxyl groups excluding tert-OH is 2. The predicted octanol–water partition coefficient (Wildman–Crippen LogP) is 12.3. The molecule has 0 rings (SSSR count). The Balaban J connectivity index is 3.34. The van der Waals surface area contributed by atoms with E-state index in [0.29, 0.717) is 6.42 Å². The fourth-order valence-electron chi connectivity index (χ4n) is 6.35. The van der Waals surface area contributed by atoms with Crippen LogP contribution in [-0.4, -0.2) is 34.9 Å². The summed E-state index contributed by atoms with van der Waals surface area (Å²) in [6.45, 7) is 4.20. The fourth-order valence-corrected chi connectivity index (χ4v) is 6.35. The molecule has 0 aromatic heterocycles. The van der Waals surface area contributed by atoms with Gasteiger partial charge >= 0.3 is 0 Å². The number of unbranched alkanes of at least 4 members (excludes halogenated alkanes) is 30. The van der Waals surface area contributed by atoms with Crippen LogP contribution in [0.2, 0.25) is 0 Å². The molecule has 0 aliphatic carbocycles. The Kier molecular flexibility index (Phi) is 36.9. The molecular weight excluding hydrogens is 554 g/mol. The van der Waals surface area contributed by atoms with E-state index >= 15 is 0 Å². The van der Waals surface area contributed by atoms with Crippen molar-refractivity contribution in [1.29, 1.82) is 0 Å². The molecular formula is C41H81NO3. The Morgan fingerprint density at radius 3 is 1.16 bits per heavy atom. The SMILES string of the molecule is CCCCCCCCCCCCCCCCCCCCCCCCCCCCC/C=C/C(O)C(CO)NC(=O)CCCCCC. The quantitative estimate of drug-likeness (QED) is 0.0470. The summed E-state index contributed by atoms with van der Waals surface area (Å²) in [5, 5.41) is 22.6. The average Bonchev–Trinajstić information content (AvgIpc) is 3.04. The molecule has 0 aliphatic rings. The summed E-state index contributed by atoms with van der Waals surface area (Å²) >= 11 is 0. The van der Waals surface area contributed by atoms with Crippen molar-refractivity contribution in [2.75, 3.05) is 6.61 Å². The molecule has 0 radical (unpaired) electrons. The van der Waals surface area contributed by atoms with Crippen molar-refractivity contribution in [3.63, 3.8) is 0 Å². The van der Waals surface area contributed by atoms with Gasteiger partial charge in [0, 0.05) is 6.42 Å². The van der Waals surface area contributed by atoms with Crippen LogP contribution in [0.3, 0.4) is 0 Å². The number of nitrogens with one attached hydrogen (secondary N) is 1. The first-order valence-electron chi connectivity index (χ1n) is 20.4. The molecule has 0 aliphatic heterocycles. The van der Waals surface area contributed by atoms with E-state index in [0.717, 1.165) is 38.5 Å². The lowest BCUT2D eigenvalue weighted by atomic mass is 10.0. The van der Waals surface area contributed by atoms with Gasteiger partial charge in [-0.05, 0) is 19.3 Å². The molecule has 2 unspecified atom stereocenters. The average molecular weight is 636 g/mol. The zero-order chi connectivity index (χ0) is 32.9. The normalized spacial score (nSPS) is 13.1. The number of hydrogen-bond acceptors (Lipinski definition) is 3. The van der Waals surface area contributed by atoms with Gasteiger partial charge in [0.2, 0.25) is 5.91 Å². The second-order valence-corrected chi connectivity index (χ2v) is 14.1. The van der Waals surface area contributed by atoms with E-state index in [1.807, 2.05) is 6.08 Å². The minimum atomic E-state index is -0.830. The van der Waals surface area contributed by atoms with Crippen molar-refractivity contribution in [2.45, 2.75) is 238 Å². The van der Waals surface area contributed by atoms with E-state index in [1.165, 1.54) is 167 Å². The Hall–Kier alpha value is -0.870. The molecule has 4 nitrogen and oxygen atoms in total. The third-order valence-corrected chi connectivity index (χ3v) is 9.52. The standard InChI is InChI=1S/C41H81NO3/c1-3-5-7-9-10-11-12-13-14-15-16-17-18-19-20-21-22-23-24-25-26-27-28-29-30-31-32-33-34-36-40(44)39(38-43)42-41(45)37-35-8-6-4-2/h34,36,39-40,43-44H,3-33,35,37-38H2,1-2H3,(H,42,45)/b36-34+. The molecule has 0 heterocycles. The minimum absolute atomic E-state index is 0.0804. The summed E-state index contributed by atoms with van der Waals surface area (Å²) < 4.78 is 0. The molecule has 0 aromatic rings. The summed E-state index contributed by atoms with van der Waals surface area (Å²) in [5.74, 6) is -0.0804. The van der Waals surface area contributed by atoms with Gasteiger partial charge in [-0.2, -0.15) is 0 Å². The first kappa shape index (κ1) is 44.1. The maximum atomic E-state index is 12.0. The highest BCUT2D eigenvalue weighted by atomic mass is 16.3. The van der Waals surface area contributed by atoms with E-state index < -0.39 is 12.1 Å². The van der Waals surface area contributed by atoms with Crippen molar-refractivity contribution in [3.8, 4) is 0 Å². The third-order valence-electron chi connectivity index (χ3n) is 9.52. The van der Waals surface area contributed by atoms with Crippen LogP contribution in [-0.2, 0) is 4.79 Å². The highest BCUT2D eigenvalue weighted by Gasteiger charge is 2.17. The molecule has 0 bridgehead atoms. The Bertz CT molecular complexity index is 608. The van der Waals surface area contributed by atoms with Crippen LogP contribution in [0.4, 0.5) is 0 Å². The van der Waals surface area contributed by atoms with Gasteiger partial charge in [-0.15, -0.1) is 0 Å². The lowest BCUT2D eigenvalue weighted by Crippen LogP contribution is -2.45. The molecule has 4 heteroatoms. The van der Waals surface area contributed by atoms with Gasteiger partial charge in [-0.25, -0.2) is 0 Å². The Morgan fingerprint density at radius 2 is 0.822 bits per heavy atom. The van der Waals surface area contributed by atoms with Crippen LogP contribution in [0, 0.1) is 0 Å². The van der Waals surface area contributed by atoms with Crippen molar-refractivity contribution < 1.29 is 15.0 Å². The van der Waals surface area contributed by atoms with Gasteiger partial charge in [0.25, 0.3) is 0 Å². The van der Waals surface area contributed by atoms with E-state index in [2.05, 4.69) is 19.2 Å². The molecule has 0 saturated heterocycles. The lowest BCUT2D eigenvalue weighted by Gasteiger charge is -2.19. The minimum Gasteiger partial charge on any atom is -0.394 e. The summed E-state index contributed by atoms with van der Waals surface area (Å²) in [4.78, 5) is 12.0. The van der Waals surface area contributed by atoms with Gasteiger partial charge in [-0.1, -0.05) is 212 Å². The van der Waals surface area contributed by atoms with Gasteiger partial charge in [0.1, 0.15) is 0 Å². The topological polar surface area (TPSA) is 69.6 Å². The largest absolute Gasteiger partial charge is 0.394 e. The smallest absolute Gasteiger partial charge is 0.220 e. The van der Waals surface area contributed by atoms with Crippen LogP contribution < -0.4 is 5.32 Å². The van der Waals surface area contributed by atoms with E-state index in [1.54, 1.807) is 6.08 Å². The molecule has 0 spiro atoms. The van der Waals surface area contributed by atoms with Crippen molar-refractivity contribution in [2.24, 2.45) is 0 Å². The number of amides is 1. The maximum absolute atomic E-state index is 12.0. The molecule has 2 atom stereocenters. The van der Waals surface area contributed by atoms with Gasteiger partial charge in [0.15, 0.2) is 0 Å². The molecule has 268 valence electrons. The van der Waals surface area contributed by atoms with Gasteiger partial charge in [-0.3, -0.25) is 4.79 Å². The predicted molar refractivity (Wildman–Crippen MR) is 198 cm³/mol. The summed E-state index contributed by atoms with van der Waals surface area (Å²) in [7, 11) is 0. The van der Waals surface area contributed by atoms with Gasteiger partial charge in [0.05, 0.1) is 18.8 Å². The van der Waals surface area contributed by atoms with Crippen LogP contribution in [0.25, 0.3) is 0 Å². The fraction of sp³-hybridized carbons (Fsp3) is 0.927. The number of hydrogen-bond donors (Lipinski definition) is 3. The van der Waals surface area contributed by atoms with Crippen LogP contribution in [0.5, 0.6) is 0 Å². The highest BCUT2D eigenvalue weighted by molar-refractivity contribution is 5.76. The van der Waals surface area contributed by atoms with Crippen LogP contribution in [0.15, 0.2) is 12.2 Å². The molecule has 0 saturated carbocycles. The molecule has 45 heavy (non-hydrogen) atoms. The summed E-state index contributed by atoms with van der Waals surface area (Å²) in [5.41, 5.74) is 0. The summed E-state index contributed by atoms with van der Waals surface area (Å²) in [6, 6.07) is -0.612. The van der Waals surface area contributed by atoms with Crippen LogP contribution in [0.1, 0.15) is 226 Å². The first-order chi connectivity index (χ1) is 22.2. The zero-order valence-electron chi connectivity index (χ0n) is 30.7. The first-order valence-corrected chi connectivity index (χ1v) is 20.4. The van der Waals surface area contributed by atoms with E-state index in [-0.39, 0.29) is 12.5 Å². The van der Waals surface area contributed by atoms with Crippen molar-refractivity contribution in [1.82, 2.24) is 5.32 Å². The number of carbonyl (C=O) groups is 1. The maximum Gasteiger partial charge on any atom is 0.220 e. The number of aliphatic hydroxyl groups is 2. The zero-order valence-corrected chi connectivity index (χ0v) is 30.7. The van der Waals surface area contributed by atoms with E-state index in [9.17, 15) is 15.0 Å². The second-order valence-electron chi connectivity index (χ2n) is 14.1. The lowest BCUT2D eigenvalue weighted by molar-refractivity contribution is -0.123. The molecule has 1 amide bonds. The summed E-state index contributed by atoms with van der Waals surface area (Å²) in [6.07, 6.45) is 46.7. The third kappa shape index (κ3) is 34.3. The molecule has 3 N–H and O–H groups in total. The highest BCUT2D eigenvalue weighted by Crippen LogP contribution is 2.16. The van der Waals surface area contributed by atoms with Gasteiger partial charge < -0.3 is 15.5 Å².